The molecule has 0 unspecified atom stereocenters. The van der Waals surface area contributed by atoms with Gasteiger partial charge >= 0.3 is 10.1 Å². The van der Waals surface area contributed by atoms with Crippen LogP contribution in [-0.4, -0.2) is 44.8 Å². The number of carbonyl (C=O) groups excluding carboxylic acids is 1. The van der Waals surface area contributed by atoms with Gasteiger partial charge < -0.3 is 23.5 Å². The summed E-state index contributed by atoms with van der Waals surface area (Å²) in [6, 6.07) is 16.2. The fraction of sp³-hybridized carbons (Fsp3) is 0.333. The predicted molar refractivity (Wildman–Crippen MR) is 161 cm³/mol. The molecule has 3 aromatic carbocycles. The molecule has 0 saturated heterocycles. The summed E-state index contributed by atoms with van der Waals surface area (Å²) in [5.74, 6) is 1.90. The average molecular weight is 600 g/mol. The van der Waals surface area contributed by atoms with Gasteiger partial charge in [0.1, 0.15) is 16.6 Å². The van der Waals surface area contributed by atoms with E-state index in [1.54, 1.807) is 29.2 Å². The van der Waals surface area contributed by atoms with Gasteiger partial charge in [-0.3, -0.25) is 4.79 Å². The molecule has 1 aromatic heterocycles. The maximum absolute atomic E-state index is 13.5. The first-order valence-electron chi connectivity index (χ1n) is 13.2. The molecule has 0 atom stereocenters. The minimum atomic E-state index is -3.69. The third kappa shape index (κ3) is 7.31. The normalized spacial score (nSPS) is 11.6. The van der Waals surface area contributed by atoms with Gasteiger partial charge in [0.25, 0.3) is 0 Å². The van der Waals surface area contributed by atoms with Crippen molar-refractivity contribution in [2.24, 2.45) is 5.92 Å². The molecule has 9 nitrogen and oxygen atoms in total. The second kappa shape index (κ2) is 12.8. The monoisotopic (exact) mass is 599 g/mol. The first-order valence-corrected chi connectivity index (χ1v) is 15.3. The number of benzene rings is 3. The van der Waals surface area contributed by atoms with E-state index in [0.717, 1.165) is 23.8 Å². The molecule has 0 spiro atoms. The molecule has 1 heterocycles. The highest BCUT2D eigenvalue weighted by Crippen LogP contribution is 2.42. The fourth-order valence-electron chi connectivity index (χ4n) is 4.56. The Hall–Kier alpha value is -3.76. The molecule has 1 N–H and O–H groups in total. The summed E-state index contributed by atoms with van der Waals surface area (Å²) < 4.78 is 39.6. The van der Waals surface area contributed by atoms with E-state index in [4.69, 9.17) is 30.2 Å². The summed E-state index contributed by atoms with van der Waals surface area (Å²) in [7, 11) is -0.664. The van der Waals surface area contributed by atoms with E-state index in [1.807, 2.05) is 30.3 Å². The molecule has 0 aliphatic heterocycles. The summed E-state index contributed by atoms with van der Waals surface area (Å²) in [5.41, 5.74) is 3.60. The van der Waals surface area contributed by atoms with Crippen LogP contribution in [0, 0.1) is 5.92 Å². The predicted octanol–water partition coefficient (Wildman–Crippen LogP) is 6.13. The van der Waals surface area contributed by atoms with Crippen molar-refractivity contribution in [1.29, 1.82) is 0 Å². The van der Waals surface area contributed by atoms with Gasteiger partial charge in [0.15, 0.2) is 11.5 Å². The summed E-state index contributed by atoms with van der Waals surface area (Å²) in [4.78, 5) is 23.3. The highest BCUT2D eigenvalue weighted by Gasteiger charge is 2.24. The minimum Gasteiger partial charge on any atom is -0.493 e. The number of ether oxygens (including phenoxy) is 2. The number of aromatic amines is 1. The van der Waals surface area contributed by atoms with Crippen LogP contribution in [0.25, 0.3) is 11.0 Å². The van der Waals surface area contributed by atoms with Crippen LogP contribution in [0.1, 0.15) is 43.6 Å². The molecule has 4 rings (SSSR count). The summed E-state index contributed by atoms with van der Waals surface area (Å²) >= 11 is 6.73. The smallest absolute Gasteiger partial charge is 0.306 e. The number of hydrogen-bond donors (Lipinski definition) is 1. The number of nitrogens with zero attached hydrogens (tertiary/aromatic N) is 2. The summed E-state index contributed by atoms with van der Waals surface area (Å²) in [5, 5.41) is 0.268. The minimum absolute atomic E-state index is 0.0969. The van der Waals surface area contributed by atoms with Crippen molar-refractivity contribution in [2.75, 3.05) is 25.4 Å². The van der Waals surface area contributed by atoms with Crippen molar-refractivity contribution in [3.8, 4) is 17.2 Å². The Bertz CT molecular complexity index is 1650. The Balaban J connectivity index is 1.71. The number of para-hydroxylation sites is 2. The third-order valence-electron chi connectivity index (χ3n) is 6.55. The van der Waals surface area contributed by atoms with Gasteiger partial charge in [-0.25, -0.2) is 4.98 Å². The van der Waals surface area contributed by atoms with Crippen molar-refractivity contribution in [1.82, 2.24) is 9.97 Å². The van der Waals surface area contributed by atoms with Crippen LogP contribution >= 0.6 is 11.6 Å². The Morgan fingerprint density at radius 2 is 1.73 bits per heavy atom. The number of H-pyrrole nitrogens is 1. The van der Waals surface area contributed by atoms with E-state index in [0.29, 0.717) is 52.9 Å². The first-order chi connectivity index (χ1) is 19.5. The van der Waals surface area contributed by atoms with Crippen molar-refractivity contribution in [3.05, 3.63) is 76.6 Å². The number of halogens is 1. The zero-order valence-corrected chi connectivity index (χ0v) is 25.3. The van der Waals surface area contributed by atoms with E-state index >= 15 is 0 Å². The quantitative estimate of drug-likeness (QED) is 0.195. The van der Waals surface area contributed by atoms with Gasteiger partial charge in [-0.2, -0.15) is 8.42 Å². The largest absolute Gasteiger partial charge is 0.493 e. The number of amides is 1. The zero-order chi connectivity index (χ0) is 29.7. The Morgan fingerprint density at radius 1 is 1.00 bits per heavy atom. The molecular weight excluding hydrogens is 566 g/mol. The van der Waals surface area contributed by atoms with Crippen molar-refractivity contribution >= 4 is 44.3 Å². The van der Waals surface area contributed by atoms with Crippen LogP contribution in [-0.2, 0) is 27.9 Å². The lowest BCUT2D eigenvalue weighted by atomic mass is 10.0. The van der Waals surface area contributed by atoms with Gasteiger partial charge in [0.2, 0.25) is 5.91 Å². The van der Waals surface area contributed by atoms with Gasteiger partial charge in [-0.05, 0) is 42.2 Å². The van der Waals surface area contributed by atoms with Crippen molar-refractivity contribution in [3.63, 3.8) is 0 Å². The van der Waals surface area contributed by atoms with Crippen molar-refractivity contribution in [2.45, 2.75) is 39.7 Å². The molecule has 0 bridgehead atoms. The Kier molecular flexibility index (Phi) is 9.45. The van der Waals surface area contributed by atoms with E-state index < -0.39 is 10.1 Å². The molecule has 11 heteroatoms. The second-order valence-corrected chi connectivity index (χ2v) is 12.1. The second-order valence-electron chi connectivity index (χ2n) is 10.1. The molecule has 0 fully saturated rings. The Labute approximate surface area is 245 Å². The van der Waals surface area contributed by atoms with Gasteiger partial charge in [0, 0.05) is 18.4 Å². The Morgan fingerprint density at radius 3 is 2.41 bits per heavy atom. The summed E-state index contributed by atoms with van der Waals surface area (Å²) in [6.45, 7) is 4.29. The average Bonchev–Trinajstić information content (AvgIpc) is 3.34. The molecule has 1 amide bonds. The van der Waals surface area contributed by atoms with Crippen LogP contribution in [0.4, 0.5) is 5.69 Å². The number of nitrogens with one attached hydrogen (secondary N) is 1. The van der Waals surface area contributed by atoms with Gasteiger partial charge in [0.05, 0.1) is 43.7 Å². The third-order valence-corrected chi connectivity index (χ3v) is 7.40. The number of hydrogen-bond acceptors (Lipinski definition) is 7. The lowest BCUT2D eigenvalue weighted by Gasteiger charge is -2.25. The first kappa shape index (κ1) is 30.2. The maximum atomic E-state index is 13.5. The maximum Gasteiger partial charge on any atom is 0.306 e. The van der Waals surface area contributed by atoms with Crippen LogP contribution in [0.5, 0.6) is 17.2 Å². The fourth-order valence-corrected chi connectivity index (χ4v) is 5.38. The van der Waals surface area contributed by atoms with Crippen LogP contribution in [0.3, 0.4) is 0 Å². The SMILES string of the molecule is COc1ccc(N(Cc2nc3cccc(Cc4ccccc4OS(C)(=O)=O)c3[nH]2)C(=O)CCC(C)C)c(Cl)c1OC. The van der Waals surface area contributed by atoms with E-state index in [-0.39, 0.29) is 23.2 Å². The van der Waals surface area contributed by atoms with Crippen molar-refractivity contribution < 1.29 is 26.9 Å². The van der Waals surface area contributed by atoms with Gasteiger partial charge in [-0.1, -0.05) is 55.8 Å². The molecule has 0 aliphatic carbocycles. The molecule has 0 saturated carbocycles. The summed E-state index contributed by atoms with van der Waals surface area (Å²) in [6.07, 6.45) is 2.48. The molecule has 218 valence electrons. The highest BCUT2D eigenvalue weighted by atomic mass is 35.5. The molecule has 41 heavy (non-hydrogen) atoms. The number of carbonyl (C=O) groups is 1. The van der Waals surface area contributed by atoms with E-state index in [2.05, 4.69) is 18.8 Å². The number of methoxy groups -OCH3 is 2. The molecule has 4 aromatic rings. The molecule has 0 aliphatic rings. The number of rotatable bonds is 12. The number of aromatic nitrogens is 2. The number of fused-ring (bicyclic) bond motifs is 1. The zero-order valence-electron chi connectivity index (χ0n) is 23.7. The number of anilines is 1. The van der Waals surface area contributed by atoms with Crippen LogP contribution in [0.2, 0.25) is 5.02 Å². The standard InChI is InChI=1S/C30H34ClN3O6S/c1-19(2)13-16-27(35)34(23-14-15-25(38-3)30(39-4)28(23)31)18-26-32-22-11-8-10-21(29(22)33-26)17-20-9-6-7-12-24(20)40-41(5,36)37/h6-12,14-15,19H,13,16-18H2,1-5H3,(H,32,33). The number of imidazole rings is 1. The topological polar surface area (TPSA) is 111 Å². The molecule has 0 radical (unpaired) electrons. The van der Waals surface area contributed by atoms with Gasteiger partial charge in [-0.15, -0.1) is 0 Å². The van der Waals surface area contributed by atoms with E-state index in [1.165, 1.54) is 14.2 Å². The highest BCUT2D eigenvalue weighted by molar-refractivity contribution is 7.86. The van der Waals surface area contributed by atoms with Crippen LogP contribution < -0.4 is 18.6 Å². The molecular formula is C30H34ClN3O6S. The van der Waals surface area contributed by atoms with E-state index in [9.17, 15) is 13.2 Å². The lowest BCUT2D eigenvalue weighted by Crippen LogP contribution is -2.31. The van der Waals surface area contributed by atoms with Crippen LogP contribution in [0.15, 0.2) is 54.6 Å². The lowest BCUT2D eigenvalue weighted by molar-refractivity contribution is -0.119.